The highest BCUT2D eigenvalue weighted by atomic mass is 14.9. The molecule has 1 N–H and O–H groups in total. The molecule has 1 aromatic rings. The van der Waals surface area contributed by atoms with Gasteiger partial charge in [-0.25, -0.2) is 0 Å². The lowest BCUT2D eigenvalue weighted by atomic mass is 9.93. The Morgan fingerprint density at radius 2 is 1.89 bits per heavy atom. The average molecular weight is 241 g/mol. The number of hydrogen-bond donors (Lipinski definition) is 1. The summed E-state index contributed by atoms with van der Waals surface area (Å²) in [6.45, 7) is 5.61. The minimum absolute atomic E-state index is 0.620. The van der Waals surface area contributed by atoms with Gasteiger partial charge in [0.2, 0.25) is 0 Å². The van der Waals surface area contributed by atoms with Crippen LogP contribution >= 0.6 is 0 Å². The summed E-state index contributed by atoms with van der Waals surface area (Å²) >= 11 is 0. The van der Waals surface area contributed by atoms with Crippen LogP contribution in [0.5, 0.6) is 0 Å². The zero-order valence-corrected chi connectivity index (χ0v) is 11.4. The SMILES string of the molecule is CC(C)c1ccc(NCC2CC3C=CC2C3)cc1. The quantitative estimate of drug-likeness (QED) is 0.769. The lowest BCUT2D eigenvalue weighted by Gasteiger charge is -2.19. The molecule has 0 saturated heterocycles. The van der Waals surface area contributed by atoms with Gasteiger partial charge in [0.25, 0.3) is 0 Å². The standard InChI is InChI=1S/C17H23N/c1-12(2)14-5-7-17(8-6-14)18-11-16-10-13-3-4-15(16)9-13/h3-8,12-13,15-16,18H,9-11H2,1-2H3. The molecule has 3 atom stereocenters. The van der Waals surface area contributed by atoms with Gasteiger partial charge in [0.1, 0.15) is 0 Å². The highest BCUT2D eigenvalue weighted by Gasteiger charge is 2.35. The van der Waals surface area contributed by atoms with Crippen molar-refractivity contribution in [2.24, 2.45) is 17.8 Å². The normalized spacial score (nSPS) is 29.2. The molecule has 18 heavy (non-hydrogen) atoms. The fourth-order valence-electron chi connectivity index (χ4n) is 3.36. The first-order valence-electron chi connectivity index (χ1n) is 7.24. The summed E-state index contributed by atoms with van der Waals surface area (Å²) in [7, 11) is 0. The van der Waals surface area contributed by atoms with Crippen LogP contribution in [-0.2, 0) is 0 Å². The second-order valence-electron chi connectivity index (χ2n) is 6.20. The van der Waals surface area contributed by atoms with Crippen LogP contribution < -0.4 is 5.32 Å². The van der Waals surface area contributed by atoms with Gasteiger partial charge in [0.05, 0.1) is 0 Å². The molecule has 0 aliphatic heterocycles. The van der Waals surface area contributed by atoms with Crippen LogP contribution in [-0.4, -0.2) is 6.54 Å². The van der Waals surface area contributed by atoms with Crippen molar-refractivity contribution in [3.63, 3.8) is 0 Å². The van der Waals surface area contributed by atoms with E-state index in [4.69, 9.17) is 0 Å². The predicted octanol–water partition coefficient (Wildman–Crippen LogP) is 4.43. The Labute approximate surface area is 110 Å². The molecule has 1 fully saturated rings. The minimum Gasteiger partial charge on any atom is -0.385 e. The van der Waals surface area contributed by atoms with Crippen molar-refractivity contribution in [2.45, 2.75) is 32.6 Å². The Bertz CT molecular complexity index is 429. The van der Waals surface area contributed by atoms with E-state index >= 15 is 0 Å². The number of allylic oxidation sites excluding steroid dienone is 2. The molecule has 0 amide bonds. The van der Waals surface area contributed by atoms with Gasteiger partial charge >= 0.3 is 0 Å². The Morgan fingerprint density at radius 3 is 2.44 bits per heavy atom. The molecule has 3 unspecified atom stereocenters. The molecule has 0 radical (unpaired) electrons. The lowest BCUT2D eigenvalue weighted by molar-refractivity contribution is 0.472. The fourth-order valence-corrected chi connectivity index (χ4v) is 3.36. The summed E-state index contributed by atoms with van der Waals surface area (Å²) in [5.74, 6) is 3.20. The highest BCUT2D eigenvalue weighted by molar-refractivity contribution is 5.45. The number of hydrogen-bond acceptors (Lipinski definition) is 1. The monoisotopic (exact) mass is 241 g/mol. The maximum atomic E-state index is 3.60. The van der Waals surface area contributed by atoms with Crippen LogP contribution in [0.4, 0.5) is 5.69 Å². The van der Waals surface area contributed by atoms with Gasteiger partial charge in [-0.05, 0) is 54.2 Å². The summed E-state index contributed by atoms with van der Waals surface area (Å²) in [6.07, 6.45) is 7.64. The van der Waals surface area contributed by atoms with E-state index in [2.05, 4.69) is 55.6 Å². The first-order valence-corrected chi connectivity index (χ1v) is 7.24. The summed E-state index contributed by atoms with van der Waals surface area (Å²) in [4.78, 5) is 0. The van der Waals surface area contributed by atoms with Crippen molar-refractivity contribution in [1.82, 2.24) is 0 Å². The molecule has 0 spiro atoms. The van der Waals surface area contributed by atoms with Crippen molar-refractivity contribution >= 4 is 5.69 Å². The molecule has 2 aliphatic rings. The summed E-state index contributed by atoms with van der Waals surface area (Å²) in [6, 6.07) is 8.93. The van der Waals surface area contributed by atoms with Crippen LogP contribution in [0, 0.1) is 17.8 Å². The minimum atomic E-state index is 0.620. The van der Waals surface area contributed by atoms with Crippen LogP contribution in [0.2, 0.25) is 0 Å². The van der Waals surface area contributed by atoms with Crippen LogP contribution in [0.15, 0.2) is 36.4 Å². The van der Waals surface area contributed by atoms with E-state index in [1.165, 1.54) is 24.1 Å². The fraction of sp³-hybridized carbons (Fsp3) is 0.529. The molecule has 1 heteroatoms. The molecule has 0 aromatic heterocycles. The number of anilines is 1. The lowest BCUT2D eigenvalue weighted by Crippen LogP contribution is -2.18. The predicted molar refractivity (Wildman–Crippen MR) is 77.9 cm³/mol. The van der Waals surface area contributed by atoms with Crippen molar-refractivity contribution in [2.75, 3.05) is 11.9 Å². The van der Waals surface area contributed by atoms with E-state index in [-0.39, 0.29) is 0 Å². The topological polar surface area (TPSA) is 12.0 Å². The number of fused-ring (bicyclic) bond motifs is 2. The van der Waals surface area contributed by atoms with Gasteiger partial charge in [-0.1, -0.05) is 38.1 Å². The van der Waals surface area contributed by atoms with E-state index in [1.807, 2.05) is 0 Å². The Balaban J connectivity index is 1.55. The third-order valence-corrected chi connectivity index (χ3v) is 4.56. The molecule has 2 aliphatic carbocycles. The number of rotatable bonds is 4. The first kappa shape index (κ1) is 11.8. The van der Waals surface area contributed by atoms with E-state index in [0.717, 1.165) is 24.3 Å². The zero-order chi connectivity index (χ0) is 12.5. The summed E-state index contributed by atoms with van der Waals surface area (Å²) in [5, 5.41) is 3.60. The van der Waals surface area contributed by atoms with Crippen LogP contribution in [0.3, 0.4) is 0 Å². The highest BCUT2D eigenvalue weighted by Crippen LogP contribution is 2.43. The average Bonchev–Trinajstić information content (AvgIpc) is 2.99. The van der Waals surface area contributed by atoms with Gasteiger partial charge < -0.3 is 5.32 Å². The van der Waals surface area contributed by atoms with Crippen molar-refractivity contribution in [1.29, 1.82) is 0 Å². The van der Waals surface area contributed by atoms with Crippen molar-refractivity contribution in [3.8, 4) is 0 Å². The molecule has 0 heterocycles. The van der Waals surface area contributed by atoms with Gasteiger partial charge in [-0.15, -0.1) is 0 Å². The molecule has 96 valence electrons. The maximum Gasteiger partial charge on any atom is 0.0340 e. The van der Waals surface area contributed by atoms with Crippen LogP contribution in [0.1, 0.15) is 38.2 Å². The maximum absolute atomic E-state index is 3.60. The Hall–Kier alpha value is -1.24. The number of nitrogens with one attached hydrogen (secondary N) is 1. The van der Waals surface area contributed by atoms with Crippen molar-refractivity contribution in [3.05, 3.63) is 42.0 Å². The zero-order valence-electron chi connectivity index (χ0n) is 11.4. The van der Waals surface area contributed by atoms with E-state index in [9.17, 15) is 0 Å². The molecule has 2 bridgehead atoms. The summed E-state index contributed by atoms with van der Waals surface area (Å²) in [5.41, 5.74) is 2.69. The molecular formula is C17H23N. The smallest absolute Gasteiger partial charge is 0.0340 e. The second-order valence-corrected chi connectivity index (χ2v) is 6.20. The van der Waals surface area contributed by atoms with Crippen LogP contribution in [0.25, 0.3) is 0 Å². The van der Waals surface area contributed by atoms with E-state index < -0.39 is 0 Å². The van der Waals surface area contributed by atoms with E-state index in [1.54, 1.807) is 0 Å². The van der Waals surface area contributed by atoms with Gasteiger partial charge in [-0.3, -0.25) is 0 Å². The van der Waals surface area contributed by atoms with Gasteiger partial charge in [-0.2, -0.15) is 0 Å². The Kier molecular flexibility index (Phi) is 3.15. The molecule has 1 nitrogen and oxygen atoms in total. The number of benzene rings is 1. The van der Waals surface area contributed by atoms with Crippen molar-refractivity contribution < 1.29 is 0 Å². The second kappa shape index (κ2) is 4.79. The van der Waals surface area contributed by atoms with Gasteiger partial charge in [0, 0.05) is 12.2 Å². The first-order chi connectivity index (χ1) is 8.72. The third kappa shape index (κ3) is 2.31. The molecule has 1 aromatic carbocycles. The molecular weight excluding hydrogens is 218 g/mol. The Morgan fingerprint density at radius 1 is 1.11 bits per heavy atom. The third-order valence-electron chi connectivity index (χ3n) is 4.56. The molecule has 1 saturated carbocycles. The van der Waals surface area contributed by atoms with E-state index in [0.29, 0.717) is 5.92 Å². The van der Waals surface area contributed by atoms with Gasteiger partial charge in [0.15, 0.2) is 0 Å². The summed E-state index contributed by atoms with van der Waals surface area (Å²) < 4.78 is 0. The largest absolute Gasteiger partial charge is 0.385 e. The molecule has 3 rings (SSSR count).